The van der Waals surface area contributed by atoms with Crippen molar-refractivity contribution >= 4 is 29.2 Å². The minimum atomic E-state index is -0.902. The second-order valence-corrected chi connectivity index (χ2v) is 7.42. The Bertz CT molecular complexity index is 761. The fourth-order valence-corrected chi connectivity index (χ4v) is 4.15. The van der Waals surface area contributed by atoms with Crippen LogP contribution >= 0.6 is 23.2 Å². The number of rotatable bonds is 4. The molecule has 0 spiro atoms. The molecule has 3 rings (SSSR count). The van der Waals surface area contributed by atoms with Gasteiger partial charge in [-0.1, -0.05) is 42.5 Å². The van der Waals surface area contributed by atoms with Crippen LogP contribution in [0.4, 0.5) is 0 Å². The van der Waals surface area contributed by atoms with Crippen molar-refractivity contribution in [3.05, 3.63) is 45.6 Å². The highest BCUT2D eigenvalue weighted by Gasteiger charge is 2.22. The number of halogens is 2. The lowest BCUT2D eigenvalue weighted by molar-refractivity contribution is 0.0696. The van der Waals surface area contributed by atoms with E-state index in [0.717, 1.165) is 23.5 Å². The third-order valence-electron chi connectivity index (χ3n) is 4.97. The molecule has 128 valence electrons. The maximum absolute atomic E-state index is 11.6. The van der Waals surface area contributed by atoms with E-state index in [4.69, 9.17) is 23.2 Å². The van der Waals surface area contributed by atoms with Gasteiger partial charge in [-0.15, -0.1) is 0 Å². The number of nitrogens with zero attached hydrogens (tertiary/aromatic N) is 1. The summed E-state index contributed by atoms with van der Waals surface area (Å²) in [5.74, 6) is -0.308. The summed E-state index contributed by atoms with van der Waals surface area (Å²) in [5.41, 5.74) is 2.81. The lowest BCUT2D eigenvalue weighted by Gasteiger charge is -2.24. The third kappa shape index (κ3) is 3.47. The average molecular weight is 366 g/mol. The van der Waals surface area contributed by atoms with Crippen molar-refractivity contribution in [3.8, 4) is 11.3 Å². The molecule has 2 aromatic rings. The molecule has 1 aliphatic carbocycles. The second-order valence-electron chi connectivity index (χ2n) is 6.57. The number of carboxylic acid groups (broad SMARTS) is 1. The van der Waals surface area contributed by atoms with E-state index in [0.29, 0.717) is 21.5 Å². The summed E-state index contributed by atoms with van der Waals surface area (Å²) in [6.45, 7) is 2.72. The van der Waals surface area contributed by atoms with E-state index in [-0.39, 0.29) is 0 Å². The summed E-state index contributed by atoms with van der Waals surface area (Å²) in [7, 11) is 0. The standard InChI is InChI=1S/C19H21Cl2NO2/c1-12-16(19(23)24)10-18(15-8-7-14(20)9-17(15)21)22(12)11-13-5-3-2-4-6-13/h7-10,13H,2-6,11H2,1H3,(H,23,24). The molecule has 1 heterocycles. The second kappa shape index (κ2) is 7.20. The fraction of sp³-hybridized carbons (Fsp3) is 0.421. The van der Waals surface area contributed by atoms with Crippen LogP contribution in [0.25, 0.3) is 11.3 Å². The SMILES string of the molecule is Cc1c(C(=O)O)cc(-c2ccc(Cl)cc2Cl)n1CC1CCCCC1. The Labute approximate surface area is 152 Å². The van der Waals surface area contributed by atoms with E-state index in [9.17, 15) is 9.90 Å². The van der Waals surface area contributed by atoms with Crippen LogP contribution < -0.4 is 0 Å². The summed E-state index contributed by atoms with van der Waals surface area (Å²) >= 11 is 12.4. The molecule has 1 saturated carbocycles. The van der Waals surface area contributed by atoms with Crippen LogP contribution in [0.15, 0.2) is 24.3 Å². The van der Waals surface area contributed by atoms with Gasteiger partial charge in [0.2, 0.25) is 0 Å². The Morgan fingerprint density at radius 3 is 2.54 bits per heavy atom. The summed E-state index contributed by atoms with van der Waals surface area (Å²) in [6, 6.07) is 7.08. The Kier molecular flexibility index (Phi) is 5.21. The molecule has 0 unspecified atom stereocenters. The number of aromatic nitrogens is 1. The van der Waals surface area contributed by atoms with Gasteiger partial charge < -0.3 is 9.67 Å². The zero-order chi connectivity index (χ0) is 17.3. The number of aromatic carboxylic acids is 1. The van der Waals surface area contributed by atoms with Gasteiger partial charge in [0.1, 0.15) is 0 Å². The van der Waals surface area contributed by atoms with E-state index in [1.54, 1.807) is 18.2 Å². The Morgan fingerprint density at radius 2 is 1.92 bits per heavy atom. The predicted octanol–water partition coefficient (Wildman–Crippen LogP) is 6.05. The quantitative estimate of drug-likeness (QED) is 0.716. The molecule has 1 aromatic carbocycles. The zero-order valence-corrected chi connectivity index (χ0v) is 15.2. The highest BCUT2D eigenvalue weighted by atomic mass is 35.5. The van der Waals surface area contributed by atoms with Crippen molar-refractivity contribution in [2.24, 2.45) is 5.92 Å². The average Bonchev–Trinajstić information content (AvgIpc) is 2.86. The molecular formula is C19H21Cl2NO2. The van der Waals surface area contributed by atoms with Crippen molar-refractivity contribution in [2.45, 2.75) is 45.6 Å². The molecule has 5 heteroatoms. The molecule has 1 N–H and O–H groups in total. The number of carboxylic acids is 1. The van der Waals surface area contributed by atoms with E-state index >= 15 is 0 Å². The molecule has 0 saturated heterocycles. The van der Waals surface area contributed by atoms with E-state index in [1.807, 2.05) is 13.0 Å². The largest absolute Gasteiger partial charge is 0.478 e. The maximum Gasteiger partial charge on any atom is 0.337 e. The first kappa shape index (κ1) is 17.4. The van der Waals surface area contributed by atoms with Gasteiger partial charge in [-0.2, -0.15) is 0 Å². The van der Waals surface area contributed by atoms with Gasteiger partial charge in [0, 0.05) is 22.8 Å². The summed E-state index contributed by atoms with van der Waals surface area (Å²) in [4.78, 5) is 11.6. The first-order valence-electron chi connectivity index (χ1n) is 8.36. The summed E-state index contributed by atoms with van der Waals surface area (Å²) in [6.07, 6.45) is 6.22. The van der Waals surface area contributed by atoms with Gasteiger partial charge in [-0.3, -0.25) is 0 Å². The Morgan fingerprint density at radius 1 is 1.21 bits per heavy atom. The van der Waals surface area contributed by atoms with E-state index in [1.165, 1.54) is 32.1 Å². The summed E-state index contributed by atoms with van der Waals surface area (Å²) < 4.78 is 2.12. The molecule has 1 aromatic heterocycles. The van der Waals surface area contributed by atoms with Crippen LogP contribution in [0, 0.1) is 12.8 Å². The first-order chi connectivity index (χ1) is 11.5. The summed E-state index contributed by atoms with van der Waals surface area (Å²) in [5, 5.41) is 10.6. The maximum atomic E-state index is 11.6. The molecule has 0 radical (unpaired) electrons. The van der Waals surface area contributed by atoms with Gasteiger partial charge in [-0.25, -0.2) is 4.79 Å². The molecule has 1 aliphatic rings. The van der Waals surface area contributed by atoms with Crippen LogP contribution in [0.5, 0.6) is 0 Å². The van der Waals surface area contributed by atoms with Crippen LogP contribution in [0.1, 0.15) is 48.2 Å². The van der Waals surface area contributed by atoms with Gasteiger partial charge in [0.25, 0.3) is 0 Å². The Balaban J connectivity index is 2.06. The number of hydrogen-bond acceptors (Lipinski definition) is 1. The smallest absolute Gasteiger partial charge is 0.337 e. The van der Waals surface area contributed by atoms with E-state index in [2.05, 4.69) is 4.57 Å². The number of benzene rings is 1. The molecule has 0 bridgehead atoms. The fourth-order valence-electron chi connectivity index (χ4n) is 3.65. The molecule has 3 nitrogen and oxygen atoms in total. The minimum absolute atomic E-state index is 0.340. The molecule has 0 atom stereocenters. The van der Waals surface area contributed by atoms with Crippen LogP contribution in [-0.4, -0.2) is 15.6 Å². The number of hydrogen-bond donors (Lipinski definition) is 1. The Hall–Kier alpha value is -1.45. The topological polar surface area (TPSA) is 42.2 Å². The molecule has 0 amide bonds. The minimum Gasteiger partial charge on any atom is -0.478 e. The highest BCUT2D eigenvalue weighted by Crippen LogP contribution is 2.35. The lowest BCUT2D eigenvalue weighted by Crippen LogP contribution is -2.16. The van der Waals surface area contributed by atoms with Crippen molar-refractivity contribution in [1.82, 2.24) is 4.57 Å². The normalized spacial score (nSPS) is 15.6. The van der Waals surface area contributed by atoms with Gasteiger partial charge >= 0.3 is 5.97 Å². The van der Waals surface area contributed by atoms with Crippen LogP contribution in [0.3, 0.4) is 0 Å². The monoisotopic (exact) mass is 365 g/mol. The van der Waals surface area contributed by atoms with Gasteiger partial charge in [0.15, 0.2) is 0 Å². The lowest BCUT2D eigenvalue weighted by atomic mass is 9.89. The molecule has 24 heavy (non-hydrogen) atoms. The first-order valence-corrected chi connectivity index (χ1v) is 9.12. The molecule has 0 aliphatic heterocycles. The van der Waals surface area contributed by atoms with Crippen molar-refractivity contribution < 1.29 is 9.90 Å². The van der Waals surface area contributed by atoms with Crippen LogP contribution in [0.2, 0.25) is 10.0 Å². The van der Waals surface area contributed by atoms with Crippen molar-refractivity contribution in [2.75, 3.05) is 0 Å². The predicted molar refractivity (Wildman–Crippen MR) is 98.2 cm³/mol. The van der Waals surface area contributed by atoms with Crippen molar-refractivity contribution in [1.29, 1.82) is 0 Å². The van der Waals surface area contributed by atoms with Crippen LogP contribution in [-0.2, 0) is 6.54 Å². The zero-order valence-electron chi connectivity index (χ0n) is 13.7. The van der Waals surface area contributed by atoms with Crippen molar-refractivity contribution in [3.63, 3.8) is 0 Å². The number of carbonyl (C=O) groups is 1. The van der Waals surface area contributed by atoms with E-state index < -0.39 is 5.97 Å². The molecule has 1 fully saturated rings. The van der Waals surface area contributed by atoms with Gasteiger partial charge in [-0.05, 0) is 49.9 Å². The molecular weight excluding hydrogens is 345 g/mol. The van der Waals surface area contributed by atoms with Gasteiger partial charge in [0.05, 0.1) is 16.3 Å². The highest BCUT2D eigenvalue weighted by molar-refractivity contribution is 6.36. The third-order valence-corrected chi connectivity index (χ3v) is 5.52.